The molecule has 0 bridgehead atoms. The molecule has 2 saturated heterocycles. The lowest BCUT2D eigenvalue weighted by Gasteiger charge is -2.36. The summed E-state index contributed by atoms with van der Waals surface area (Å²) in [5.41, 5.74) is 2.66. The quantitative estimate of drug-likeness (QED) is 0.690. The van der Waals surface area contributed by atoms with Crippen LogP contribution in [-0.2, 0) is 4.74 Å². The fraction of sp³-hybridized carbons (Fsp3) is 0.360. The molecule has 2 aliphatic rings. The fourth-order valence-electron chi connectivity index (χ4n) is 4.25. The molecule has 0 radical (unpaired) electrons. The second-order valence-corrected chi connectivity index (χ2v) is 8.36. The van der Waals surface area contributed by atoms with Gasteiger partial charge in [0, 0.05) is 63.5 Å². The first kappa shape index (κ1) is 24.0. The highest BCUT2D eigenvalue weighted by molar-refractivity contribution is 6.07. The lowest BCUT2D eigenvalue weighted by atomic mass is 10.1. The van der Waals surface area contributed by atoms with E-state index in [2.05, 4.69) is 15.5 Å². The summed E-state index contributed by atoms with van der Waals surface area (Å²) in [5.74, 6) is -0.418. The van der Waals surface area contributed by atoms with Gasteiger partial charge in [-0.1, -0.05) is 0 Å². The van der Waals surface area contributed by atoms with E-state index in [-0.39, 0.29) is 17.9 Å². The van der Waals surface area contributed by atoms with Crippen molar-refractivity contribution in [1.82, 2.24) is 15.1 Å². The van der Waals surface area contributed by atoms with Crippen LogP contribution >= 0.6 is 0 Å². The van der Waals surface area contributed by atoms with Crippen LogP contribution in [0.1, 0.15) is 26.3 Å². The number of ether oxygens (including phenoxy) is 1. The molecule has 2 aromatic rings. The molecular weight excluding hydrogens is 448 g/mol. The normalized spacial score (nSPS) is 15.8. The average Bonchev–Trinajstić information content (AvgIpc) is 2.92. The Morgan fingerprint density at radius 3 is 2.20 bits per heavy atom. The van der Waals surface area contributed by atoms with Crippen LogP contribution < -0.4 is 15.5 Å². The van der Waals surface area contributed by atoms with Crippen LogP contribution in [0.4, 0.5) is 16.2 Å². The van der Waals surface area contributed by atoms with E-state index in [1.807, 2.05) is 12.1 Å². The molecule has 0 atom stereocenters. The van der Waals surface area contributed by atoms with Crippen molar-refractivity contribution in [3.63, 3.8) is 0 Å². The number of hydrogen-bond donors (Lipinski definition) is 2. The van der Waals surface area contributed by atoms with Gasteiger partial charge in [-0.3, -0.25) is 9.59 Å². The van der Waals surface area contributed by atoms with Crippen LogP contribution in [0.25, 0.3) is 0 Å². The van der Waals surface area contributed by atoms with Crippen LogP contribution in [0.2, 0.25) is 0 Å². The van der Waals surface area contributed by atoms with Crippen LogP contribution in [0.5, 0.6) is 0 Å². The van der Waals surface area contributed by atoms with Crippen molar-refractivity contribution in [3.8, 4) is 6.07 Å². The van der Waals surface area contributed by atoms with E-state index in [0.717, 1.165) is 18.8 Å². The van der Waals surface area contributed by atoms with Crippen molar-refractivity contribution >= 4 is 29.3 Å². The predicted octanol–water partition coefficient (Wildman–Crippen LogP) is 1.74. The second kappa shape index (κ2) is 10.9. The van der Waals surface area contributed by atoms with E-state index in [1.54, 1.807) is 46.2 Å². The van der Waals surface area contributed by atoms with E-state index in [1.165, 1.54) is 7.11 Å². The van der Waals surface area contributed by atoms with Gasteiger partial charge in [0.1, 0.15) is 0 Å². The van der Waals surface area contributed by atoms with E-state index in [0.29, 0.717) is 61.6 Å². The highest BCUT2D eigenvalue weighted by atomic mass is 16.5. The molecule has 0 spiro atoms. The van der Waals surface area contributed by atoms with Gasteiger partial charge in [0.2, 0.25) is 0 Å². The van der Waals surface area contributed by atoms with Crippen LogP contribution in [-0.4, -0.2) is 87.2 Å². The molecule has 0 saturated carbocycles. The molecule has 182 valence electrons. The first-order chi connectivity index (χ1) is 17.0. The summed E-state index contributed by atoms with van der Waals surface area (Å²) < 4.78 is 4.82. The van der Waals surface area contributed by atoms with Crippen molar-refractivity contribution in [1.29, 1.82) is 5.26 Å². The monoisotopic (exact) mass is 476 g/mol. The highest BCUT2D eigenvalue weighted by Crippen LogP contribution is 2.29. The second-order valence-electron chi connectivity index (χ2n) is 8.36. The lowest BCUT2D eigenvalue weighted by Crippen LogP contribution is -2.49. The lowest BCUT2D eigenvalue weighted by molar-refractivity contribution is 0.0735. The fourth-order valence-corrected chi connectivity index (χ4v) is 4.25. The Balaban J connectivity index is 1.59. The minimum atomic E-state index is -0.365. The molecule has 2 N–H and O–H groups in total. The molecule has 2 aliphatic heterocycles. The number of carbonyl (C=O) groups excluding carboxylic acids is 3. The van der Waals surface area contributed by atoms with E-state index in [4.69, 9.17) is 10.00 Å². The van der Waals surface area contributed by atoms with Gasteiger partial charge in [0.05, 0.1) is 30.1 Å². The molecule has 10 heteroatoms. The zero-order valence-corrected chi connectivity index (χ0v) is 19.6. The van der Waals surface area contributed by atoms with Crippen molar-refractivity contribution in [2.75, 3.05) is 69.7 Å². The summed E-state index contributed by atoms with van der Waals surface area (Å²) in [6.07, 6.45) is -0.365. The third-order valence-corrected chi connectivity index (χ3v) is 6.23. The number of methoxy groups -OCH3 is 1. The molecule has 0 unspecified atom stereocenters. The van der Waals surface area contributed by atoms with Crippen LogP contribution in [0, 0.1) is 11.3 Å². The number of piperazine rings is 2. The number of carbonyl (C=O) groups is 3. The minimum absolute atomic E-state index is 0.0811. The van der Waals surface area contributed by atoms with Gasteiger partial charge in [0.25, 0.3) is 11.8 Å². The van der Waals surface area contributed by atoms with Gasteiger partial charge < -0.3 is 30.1 Å². The van der Waals surface area contributed by atoms with Crippen molar-refractivity contribution in [2.24, 2.45) is 0 Å². The number of benzene rings is 2. The van der Waals surface area contributed by atoms with Gasteiger partial charge in [-0.25, -0.2) is 4.79 Å². The van der Waals surface area contributed by atoms with Gasteiger partial charge in [0.15, 0.2) is 0 Å². The first-order valence-electron chi connectivity index (χ1n) is 11.5. The van der Waals surface area contributed by atoms with E-state index < -0.39 is 0 Å². The van der Waals surface area contributed by atoms with Crippen molar-refractivity contribution in [3.05, 3.63) is 59.2 Å². The molecule has 2 fully saturated rings. The maximum atomic E-state index is 13.1. The summed E-state index contributed by atoms with van der Waals surface area (Å²) >= 11 is 0. The number of nitrogens with zero attached hydrogens (tertiary/aromatic N) is 4. The van der Waals surface area contributed by atoms with Crippen LogP contribution in [0.15, 0.2) is 42.5 Å². The third-order valence-electron chi connectivity index (χ3n) is 6.23. The molecule has 0 aliphatic carbocycles. The van der Waals surface area contributed by atoms with Gasteiger partial charge in [-0.2, -0.15) is 5.26 Å². The summed E-state index contributed by atoms with van der Waals surface area (Å²) in [6.45, 7) is 4.83. The topological polar surface area (TPSA) is 118 Å². The van der Waals surface area contributed by atoms with Crippen molar-refractivity contribution < 1.29 is 19.1 Å². The maximum Gasteiger partial charge on any atom is 0.409 e. The standard InChI is InChI=1S/C25H28N6O4/c1-35-25(34)31-14-12-29(13-15-31)22-7-6-20(24(33)30-10-8-27-9-11-30)16-21(22)28-23(32)19-4-2-18(17-26)3-5-19/h2-7,16,27H,8-15H2,1H3,(H,28,32). The summed E-state index contributed by atoms with van der Waals surface area (Å²) in [4.78, 5) is 43.5. The Kier molecular flexibility index (Phi) is 7.48. The number of nitrogens with one attached hydrogen (secondary N) is 2. The zero-order chi connectivity index (χ0) is 24.8. The Bertz CT molecular complexity index is 1130. The van der Waals surface area contributed by atoms with Gasteiger partial charge >= 0.3 is 6.09 Å². The molecule has 10 nitrogen and oxygen atoms in total. The summed E-state index contributed by atoms with van der Waals surface area (Å²) in [7, 11) is 1.36. The zero-order valence-electron chi connectivity index (χ0n) is 19.6. The van der Waals surface area contributed by atoms with Gasteiger partial charge in [-0.15, -0.1) is 0 Å². The van der Waals surface area contributed by atoms with Crippen LogP contribution in [0.3, 0.4) is 0 Å². The maximum absolute atomic E-state index is 13.1. The summed E-state index contributed by atoms with van der Waals surface area (Å²) in [6, 6.07) is 13.8. The Morgan fingerprint density at radius 2 is 1.57 bits per heavy atom. The number of rotatable bonds is 4. The average molecular weight is 477 g/mol. The van der Waals surface area contributed by atoms with E-state index >= 15 is 0 Å². The van der Waals surface area contributed by atoms with Gasteiger partial charge in [-0.05, 0) is 42.5 Å². The largest absolute Gasteiger partial charge is 0.453 e. The summed E-state index contributed by atoms with van der Waals surface area (Å²) in [5, 5.41) is 15.2. The number of hydrogen-bond acceptors (Lipinski definition) is 7. The molecule has 2 aromatic carbocycles. The Labute approximate surface area is 204 Å². The highest BCUT2D eigenvalue weighted by Gasteiger charge is 2.25. The third kappa shape index (κ3) is 5.53. The number of anilines is 2. The number of nitriles is 1. The minimum Gasteiger partial charge on any atom is -0.453 e. The molecule has 35 heavy (non-hydrogen) atoms. The molecule has 0 aromatic heterocycles. The van der Waals surface area contributed by atoms with Crippen molar-refractivity contribution in [2.45, 2.75) is 0 Å². The number of amides is 3. The SMILES string of the molecule is COC(=O)N1CCN(c2ccc(C(=O)N3CCNCC3)cc2NC(=O)c2ccc(C#N)cc2)CC1. The molecular formula is C25H28N6O4. The Hall–Kier alpha value is -4.10. The molecule has 4 rings (SSSR count). The Morgan fingerprint density at radius 1 is 0.914 bits per heavy atom. The predicted molar refractivity (Wildman–Crippen MR) is 131 cm³/mol. The first-order valence-corrected chi connectivity index (χ1v) is 11.5. The van der Waals surface area contributed by atoms with E-state index in [9.17, 15) is 14.4 Å². The molecule has 3 amide bonds. The smallest absolute Gasteiger partial charge is 0.409 e. The molecule has 2 heterocycles.